The molecule has 0 atom stereocenters. The lowest BCUT2D eigenvalue weighted by atomic mass is 10.1. The van der Waals surface area contributed by atoms with Crippen LogP contribution >= 0.6 is 0 Å². The van der Waals surface area contributed by atoms with Crippen LogP contribution in [0.5, 0.6) is 0 Å². The Morgan fingerprint density at radius 2 is 2.00 bits per heavy atom. The Kier molecular flexibility index (Phi) is 7.35. The Labute approximate surface area is 92.1 Å². The lowest BCUT2D eigenvalue weighted by molar-refractivity contribution is -0.353. The molecule has 0 rings (SSSR count). The second-order valence-electron chi connectivity index (χ2n) is 3.92. The molecule has 0 spiro atoms. The molecule has 2 N–H and O–H groups in total. The van der Waals surface area contributed by atoms with Crippen molar-refractivity contribution in [2.75, 3.05) is 0 Å². The van der Waals surface area contributed by atoms with Gasteiger partial charge in [0.05, 0.1) is 6.10 Å². The number of hydrogen-bond acceptors (Lipinski definition) is 3. The van der Waals surface area contributed by atoms with Crippen molar-refractivity contribution in [1.29, 1.82) is 0 Å². The third-order valence-electron chi connectivity index (χ3n) is 1.92. The molecule has 0 aliphatic carbocycles. The first-order valence-corrected chi connectivity index (χ1v) is 5.45. The van der Waals surface area contributed by atoms with E-state index >= 15 is 0 Å². The van der Waals surface area contributed by atoms with E-state index in [1.54, 1.807) is 13.8 Å². The molecule has 0 amide bonds. The van der Waals surface area contributed by atoms with Crippen LogP contribution in [0, 0.1) is 0 Å². The molecular formula is C12H22O3. The third kappa shape index (κ3) is 9.70. The zero-order valence-corrected chi connectivity index (χ0v) is 9.70. The summed E-state index contributed by atoms with van der Waals surface area (Å²) in [5, 5.41) is 18.8. The van der Waals surface area contributed by atoms with Gasteiger partial charge in [0.1, 0.15) is 0 Å². The van der Waals surface area contributed by atoms with Crippen LogP contribution in [-0.2, 0) is 4.74 Å². The van der Waals surface area contributed by atoms with Crippen molar-refractivity contribution in [3.05, 3.63) is 18.4 Å². The molecule has 0 aliphatic heterocycles. The Morgan fingerprint density at radius 3 is 2.53 bits per heavy atom. The maximum absolute atomic E-state index is 9.39. The van der Waals surface area contributed by atoms with E-state index in [4.69, 9.17) is 4.74 Å². The molecule has 0 aliphatic rings. The van der Waals surface area contributed by atoms with E-state index in [0.29, 0.717) is 0 Å². The third-order valence-corrected chi connectivity index (χ3v) is 1.92. The first-order valence-electron chi connectivity index (χ1n) is 5.45. The second kappa shape index (κ2) is 7.66. The minimum Gasteiger partial charge on any atom is -0.343 e. The molecule has 0 saturated carbocycles. The van der Waals surface area contributed by atoms with Crippen molar-refractivity contribution < 1.29 is 14.9 Å². The van der Waals surface area contributed by atoms with Crippen LogP contribution in [0.4, 0.5) is 0 Å². The second-order valence-corrected chi connectivity index (χ2v) is 3.92. The average molecular weight is 214 g/mol. The van der Waals surface area contributed by atoms with Gasteiger partial charge in [0.2, 0.25) is 0 Å². The molecule has 88 valence electrons. The fourth-order valence-corrected chi connectivity index (χ4v) is 1.32. The van der Waals surface area contributed by atoms with Crippen LogP contribution in [0.25, 0.3) is 0 Å². The minimum atomic E-state index is -1.97. The Balaban J connectivity index is 3.52. The van der Waals surface area contributed by atoms with Gasteiger partial charge in [-0.15, -0.1) is 5.73 Å². The first kappa shape index (κ1) is 14.4. The molecule has 0 heterocycles. The predicted molar refractivity (Wildman–Crippen MR) is 60.2 cm³/mol. The Morgan fingerprint density at radius 1 is 1.33 bits per heavy atom. The van der Waals surface area contributed by atoms with E-state index in [2.05, 4.69) is 12.3 Å². The van der Waals surface area contributed by atoms with Gasteiger partial charge in [0, 0.05) is 6.42 Å². The van der Waals surface area contributed by atoms with Gasteiger partial charge in [-0.05, 0) is 39.2 Å². The molecule has 0 aromatic heterocycles. The van der Waals surface area contributed by atoms with E-state index in [1.807, 2.05) is 6.08 Å². The molecule has 0 radical (unpaired) electrons. The van der Waals surface area contributed by atoms with E-state index in [0.717, 1.165) is 25.7 Å². The molecule has 0 fully saturated rings. The van der Waals surface area contributed by atoms with Gasteiger partial charge in [-0.25, -0.2) is 0 Å². The van der Waals surface area contributed by atoms with Crippen LogP contribution in [0.1, 0.15) is 46.0 Å². The van der Waals surface area contributed by atoms with Gasteiger partial charge in [-0.1, -0.05) is 13.0 Å². The molecule has 0 aromatic rings. The smallest absolute Gasteiger partial charge is 0.278 e. The topological polar surface area (TPSA) is 49.7 Å². The van der Waals surface area contributed by atoms with Gasteiger partial charge in [-0.2, -0.15) is 0 Å². The van der Waals surface area contributed by atoms with Crippen molar-refractivity contribution >= 4 is 0 Å². The molecule has 3 heteroatoms. The number of unbranched alkanes of at least 4 members (excludes halogenated alkanes) is 3. The van der Waals surface area contributed by atoms with Crippen LogP contribution in [-0.4, -0.2) is 22.3 Å². The number of rotatable bonds is 8. The number of allylic oxidation sites excluding steroid dienone is 1. The van der Waals surface area contributed by atoms with E-state index in [-0.39, 0.29) is 12.5 Å². The fourth-order valence-electron chi connectivity index (χ4n) is 1.32. The van der Waals surface area contributed by atoms with Crippen molar-refractivity contribution in [1.82, 2.24) is 0 Å². The molecule has 0 aromatic carbocycles. The number of ether oxygens (including phenoxy) is 1. The molecule has 0 unspecified atom stereocenters. The highest BCUT2D eigenvalue weighted by atomic mass is 16.8. The van der Waals surface area contributed by atoms with E-state index in [1.165, 1.54) is 0 Å². The summed E-state index contributed by atoms with van der Waals surface area (Å²) in [5.41, 5.74) is 2.70. The lowest BCUT2D eigenvalue weighted by Crippen LogP contribution is -2.34. The van der Waals surface area contributed by atoms with Gasteiger partial charge >= 0.3 is 0 Å². The predicted octanol–water partition coefficient (Wildman–Crippen LogP) is 2.34. The molecule has 15 heavy (non-hydrogen) atoms. The zero-order valence-electron chi connectivity index (χ0n) is 9.70. The minimum absolute atomic E-state index is 0.177. The normalized spacial score (nSPS) is 11.5. The van der Waals surface area contributed by atoms with Gasteiger partial charge < -0.3 is 14.9 Å². The monoisotopic (exact) mass is 214 g/mol. The molecule has 0 saturated heterocycles. The first-order chi connectivity index (χ1) is 6.98. The maximum atomic E-state index is 9.39. The van der Waals surface area contributed by atoms with Crippen molar-refractivity contribution in [3.8, 4) is 0 Å². The fraction of sp³-hybridized carbons (Fsp3) is 0.750. The standard InChI is InChI=1S/C12H22O3/c1-4-5-6-7-8-9-10-12(13,14)15-11(2)3/h5,11,13-14H,1,6-10H2,2-3H3. The van der Waals surface area contributed by atoms with Gasteiger partial charge in [-0.3, -0.25) is 0 Å². The van der Waals surface area contributed by atoms with Crippen molar-refractivity contribution in [2.24, 2.45) is 0 Å². The SMILES string of the molecule is C=C=CCCCCCC(O)(O)OC(C)C. The summed E-state index contributed by atoms with van der Waals surface area (Å²) in [6, 6.07) is 0. The molecule has 0 bridgehead atoms. The highest BCUT2D eigenvalue weighted by molar-refractivity contribution is 4.75. The van der Waals surface area contributed by atoms with Crippen LogP contribution < -0.4 is 0 Å². The highest BCUT2D eigenvalue weighted by Gasteiger charge is 2.24. The quantitative estimate of drug-likeness (QED) is 0.370. The average Bonchev–Trinajstić information content (AvgIpc) is 2.08. The highest BCUT2D eigenvalue weighted by Crippen LogP contribution is 2.16. The largest absolute Gasteiger partial charge is 0.343 e. The summed E-state index contributed by atoms with van der Waals surface area (Å²) in [6.07, 6.45) is 5.61. The maximum Gasteiger partial charge on any atom is 0.278 e. The summed E-state index contributed by atoms with van der Waals surface area (Å²) in [6.45, 7) is 7.02. The molecular weight excluding hydrogens is 192 g/mol. The Hall–Kier alpha value is -0.600. The number of hydrogen-bond donors (Lipinski definition) is 2. The van der Waals surface area contributed by atoms with Crippen molar-refractivity contribution in [2.45, 2.75) is 58.0 Å². The van der Waals surface area contributed by atoms with Crippen LogP contribution in [0.2, 0.25) is 0 Å². The molecule has 3 nitrogen and oxygen atoms in total. The van der Waals surface area contributed by atoms with Crippen LogP contribution in [0.15, 0.2) is 18.4 Å². The Bertz CT molecular complexity index is 203. The van der Waals surface area contributed by atoms with Crippen molar-refractivity contribution in [3.63, 3.8) is 0 Å². The summed E-state index contributed by atoms with van der Waals surface area (Å²) in [4.78, 5) is 0. The van der Waals surface area contributed by atoms with Gasteiger partial charge in [0.25, 0.3) is 5.97 Å². The number of aliphatic hydroxyl groups is 2. The summed E-state index contributed by atoms with van der Waals surface area (Å²) < 4.78 is 4.95. The van der Waals surface area contributed by atoms with E-state index < -0.39 is 5.97 Å². The lowest BCUT2D eigenvalue weighted by Gasteiger charge is -2.24. The summed E-state index contributed by atoms with van der Waals surface area (Å²) in [7, 11) is 0. The van der Waals surface area contributed by atoms with Gasteiger partial charge in [0.15, 0.2) is 0 Å². The summed E-state index contributed by atoms with van der Waals surface area (Å²) in [5.74, 6) is -1.97. The van der Waals surface area contributed by atoms with E-state index in [9.17, 15) is 10.2 Å². The zero-order chi connectivity index (χ0) is 11.7. The summed E-state index contributed by atoms with van der Waals surface area (Å²) >= 11 is 0. The van der Waals surface area contributed by atoms with Crippen LogP contribution in [0.3, 0.4) is 0 Å².